The van der Waals surface area contributed by atoms with Gasteiger partial charge in [0.1, 0.15) is 11.9 Å². The molecule has 1 aliphatic heterocycles. The number of nitrogens with two attached hydrogens (primary N) is 1. The van der Waals surface area contributed by atoms with E-state index in [0.717, 1.165) is 12.2 Å². The SMILES string of the molecule is CC(NCC1Cc2ccccc2O1)C(N)=NO. The van der Waals surface area contributed by atoms with Crippen LogP contribution in [0.3, 0.4) is 0 Å². The van der Waals surface area contributed by atoms with Crippen molar-refractivity contribution in [2.45, 2.75) is 25.5 Å². The molecule has 0 aromatic heterocycles. The summed E-state index contributed by atoms with van der Waals surface area (Å²) in [7, 11) is 0. The molecule has 0 fully saturated rings. The number of hydrogen-bond acceptors (Lipinski definition) is 4. The Hall–Kier alpha value is -1.75. The number of benzene rings is 1. The number of oxime groups is 1. The Labute approximate surface area is 100 Å². The fourth-order valence-electron chi connectivity index (χ4n) is 1.87. The smallest absolute Gasteiger partial charge is 0.156 e. The Kier molecular flexibility index (Phi) is 3.49. The minimum absolute atomic E-state index is 0.112. The summed E-state index contributed by atoms with van der Waals surface area (Å²) in [6.07, 6.45) is 1.01. The van der Waals surface area contributed by atoms with Gasteiger partial charge in [-0.25, -0.2) is 0 Å². The van der Waals surface area contributed by atoms with Crippen molar-refractivity contribution in [1.29, 1.82) is 0 Å². The zero-order valence-corrected chi connectivity index (χ0v) is 9.76. The van der Waals surface area contributed by atoms with Gasteiger partial charge < -0.3 is 21.0 Å². The molecule has 4 N–H and O–H groups in total. The Balaban J connectivity index is 1.84. The maximum absolute atomic E-state index is 8.53. The van der Waals surface area contributed by atoms with Gasteiger partial charge in [-0.1, -0.05) is 23.4 Å². The van der Waals surface area contributed by atoms with Crippen molar-refractivity contribution >= 4 is 5.84 Å². The highest BCUT2D eigenvalue weighted by Crippen LogP contribution is 2.27. The van der Waals surface area contributed by atoms with E-state index < -0.39 is 0 Å². The molecule has 1 heterocycles. The first-order valence-corrected chi connectivity index (χ1v) is 5.66. The lowest BCUT2D eigenvalue weighted by atomic mass is 10.1. The number of nitrogens with one attached hydrogen (secondary N) is 1. The topological polar surface area (TPSA) is 79.9 Å². The highest BCUT2D eigenvalue weighted by Gasteiger charge is 2.22. The van der Waals surface area contributed by atoms with E-state index in [0.29, 0.717) is 6.54 Å². The van der Waals surface area contributed by atoms with Crippen LogP contribution in [0.25, 0.3) is 0 Å². The highest BCUT2D eigenvalue weighted by atomic mass is 16.5. The molecule has 92 valence electrons. The predicted molar refractivity (Wildman–Crippen MR) is 65.4 cm³/mol. The van der Waals surface area contributed by atoms with Gasteiger partial charge in [-0.2, -0.15) is 0 Å². The minimum atomic E-state index is -0.160. The summed E-state index contributed by atoms with van der Waals surface area (Å²) in [4.78, 5) is 0. The van der Waals surface area contributed by atoms with Crippen LogP contribution in [0, 0.1) is 0 Å². The van der Waals surface area contributed by atoms with Crippen LogP contribution in [0.5, 0.6) is 5.75 Å². The largest absolute Gasteiger partial charge is 0.488 e. The number of rotatable bonds is 4. The number of nitrogens with zero attached hydrogens (tertiary/aromatic N) is 1. The van der Waals surface area contributed by atoms with Gasteiger partial charge in [0.15, 0.2) is 5.84 Å². The predicted octanol–water partition coefficient (Wildman–Crippen LogP) is 0.715. The summed E-state index contributed by atoms with van der Waals surface area (Å²) < 4.78 is 5.77. The third-order valence-corrected chi connectivity index (χ3v) is 2.92. The summed E-state index contributed by atoms with van der Waals surface area (Å²) in [5.74, 6) is 1.14. The van der Waals surface area contributed by atoms with E-state index in [1.807, 2.05) is 25.1 Å². The zero-order valence-electron chi connectivity index (χ0n) is 9.76. The summed E-state index contributed by atoms with van der Waals surface area (Å²) in [6.45, 7) is 2.52. The van der Waals surface area contributed by atoms with E-state index in [9.17, 15) is 0 Å². The molecule has 2 atom stereocenters. The molecule has 1 aromatic rings. The standard InChI is InChI=1S/C12H17N3O2/c1-8(12(13)15-16)14-7-10-6-9-4-2-3-5-11(9)17-10/h2-5,8,10,14,16H,6-7H2,1H3,(H2,13,15). The molecule has 1 aromatic carbocycles. The highest BCUT2D eigenvalue weighted by molar-refractivity contribution is 5.84. The first-order chi connectivity index (χ1) is 8.20. The molecule has 5 nitrogen and oxygen atoms in total. The normalized spacial score (nSPS) is 20.8. The Bertz CT molecular complexity index is 395. The van der Waals surface area contributed by atoms with Crippen LogP contribution in [0.4, 0.5) is 0 Å². The monoisotopic (exact) mass is 235 g/mol. The molecule has 0 bridgehead atoms. The van der Waals surface area contributed by atoms with E-state index in [2.05, 4.69) is 16.5 Å². The van der Waals surface area contributed by atoms with E-state index >= 15 is 0 Å². The number of hydrogen-bond donors (Lipinski definition) is 3. The van der Waals surface area contributed by atoms with E-state index in [-0.39, 0.29) is 18.0 Å². The van der Waals surface area contributed by atoms with Gasteiger partial charge in [0, 0.05) is 13.0 Å². The molecule has 0 saturated heterocycles. The van der Waals surface area contributed by atoms with Crippen molar-refractivity contribution in [2.75, 3.05) is 6.54 Å². The van der Waals surface area contributed by atoms with Crippen molar-refractivity contribution in [2.24, 2.45) is 10.9 Å². The molecule has 0 saturated carbocycles. The maximum Gasteiger partial charge on any atom is 0.156 e. The number of amidine groups is 1. The summed E-state index contributed by atoms with van der Waals surface area (Å²) >= 11 is 0. The molecule has 17 heavy (non-hydrogen) atoms. The average molecular weight is 235 g/mol. The molecule has 0 radical (unpaired) electrons. The van der Waals surface area contributed by atoms with Crippen molar-refractivity contribution < 1.29 is 9.94 Å². The Morgan fingerprint density at radius 2 is 2.41 bits per heavy atom. The van der Waals surface area contributed by atoms with Gasteiger partial charge >= 0.3 is 0 Å². The van der Waals surface area contributed by atoms with Gasteiger partial charge in [0.25, 0.3) is 0 Å². The van der Waals surface area contributed by atoms with Crippen LogP contribution in [0.15, 0.2) is 29.4 Å². The van der Waals surface area contributed by atoms with Crippen LogP contribution in [0.1, 0.15) is 12.5 Å². The third-order valence-electron chi connectivity index (χ3n) is 2.92. The third kappa shape index (κ3) is 2.68. The van der Waals surface area contributed by atoms with Gasteiger partial charge in [-0.3, -0.25) is 0 Å². The fraction of sp³-hybridized carbons (Fsp3) is 0.417. The Morgan fingerprint density at radius 1 is 1.65 bits per heavy atom. The molecule has 1 aliphatic rings. The van der Waals surface area contributed by atoms with Gasteiger partial charge in [0.05, 0.1) is 6.04 Å². The second-order valence-corrected chi connectivity index (χ2v) is 4.21. The van der Waals surface area contributed by atoms with Crippen molar-refractivity contribution in [3.05, 3.63) is 29.8 Å². The van der Waals surface area contributed by atoms with Gasteiger partial charge in [-0.15, -0.1) is 0 Å². The molecular formula is C12H17N3O2. The van der Waals surface area contributed by atoms with Crippen molar-refractivity contribution in [3.8, 4) is 5.75 Å². The quantitative estimate of drug-likeness (QED) is 0.311. The zero-order chi connectivity index (χ0) is 12.3. The lowest BCUT2D eigenvalue weighted by Gasteiger charge is -2.16. The number of fused-ring (bicyclic) bond motifs is 1. The second-order valence-electron chi connectivity index (χ2n) is 4.21. The maximum atomic E-state index is 8.53. The average Bonchev–Trinajstić information content (AvgIpc) is 2.77. The van der Waals surface area contributed by atoms with Crippen LogP contribution in [0.2, 0.25) is 0 Å². The molecular weight excluding hydrogens is 218 g/mol. The lowest BCUT2D eigenvalue weighted by Crippen LogP contribution is -2.43. The fourth-order valence-corrected chi connectivity index (χ4v) is 1.87. The Morgan fingerprint density at radius 3 is 3.12 bits per heavy atom. The lowest BCUT2D eigenvalue weighted by molar-refractivity contribution is 0.225. The first-order valence-electron chi connectivity index (χ1n) is 5.66. The van der Waals surface area contributed by atoms with Crippen LogP contribution < -0.4 is 15.8 Å². The molecule has 0 spiro atoms. The molecule has 2 unspecified atom stereocenters. The number of ether oxygens (including phenoxy) is 1. The molecule has 5 heteroatoms. The summed E-state index contributed by atoms with van der Waals surface area (Å²) in [6, 6.07) is 7.86. The van der Waals surface area contributed by atoms with E-state index in [1.165, 1.54) is 5.56 Å². The molecule has 0 aliphatic carbocycles. The van der Waals surface area contributed by atoms with Crippen molar-refractivity contribution in [3.63, 3.8) is 0 Å². The van der Waals surface area contributed by atoms with Gasteiger partial charge in [0.2, 0.25) is 0 Å². The molecule has 0 amide bonds. The first kappa shape index (κ1) is 11.7. The van der Waals surface area contributed by atoms with Gasteiger partial charge in [-0.05, 0) is 18.6 Å². The van der Waals surface area contributed by atoms with Crippen molar-refractivity contribution in [1.82, 2.24) is 5.32 Å². The van der Waals surface area contributed by atoms with Crippen LogP contribution >= 0.6 is 0 Å². The van der Waals surface area contributed by atoms with E-state index in [4.69, 9.17) is 15.7 Å². The second kappa shape index (κ2) is 5.05. The van der Waals surface area contributed by atoms with E-state index in [1.54, 1.807) is 0 Å². The number of para-hydroxylation sites is 1. The minimum Gasteiger partial charge on any atom is -0.488 e. The molecule has 2 rings (SSSR count). The van der Waals surface area contributed by atoms with Crippen LogP contribution in [-0.2, 0) is 6.42 Å². The van der Waals surface area contributed by atoms with Crippen LogP contribution in [-0.4, -0.2) is 29.7 Å². The summed E-state index contributed by atoms with van der Waals surface area (Å²) in [5, 5.41) is 14.7. The summed E-state index contributed by atoms with van der Waals surface area (Å²) in [5.41, 5.74) is 6.71.